The maximum atomic E-state index is 8.74. The number of nitrogen functional groups attached to an aromatic ring is 1. The topological polar surface area (TPSA) is 84.1 Å². The van der Waals surface area contributed by atoms with Gasteiger partial charge in [0.2, 0.25) is 5.95 Å². The second kappa shape index (κ2) is 3.93. The van der Waals surface area contributed by atoms with Crippen LogP contribution in [0.3, 0.4) is 0 Å². The Morgan fingerprint density at radius 1 is 1.13 bits per heavy atom. The molecule has 0 radical (unpaired) electrons. The number of nitrogens with one attached hydrogen (secondary N) is 1. The maximum Gasteiger partial charge on any atom is 0.222 e. The lowest BCUT2D eigenvalue weighted by atomic mass is 10.1. The Labute approximate surface area is 86.6 Å². The molecule has 0 saturated carbocycles. The molecule has 0 unspecified atom stereocenters. The normalized spacial score (nSPS) is 9.93. The van der Waals surface area contributed by atoms with Gasteiger partial charge in [-0.15, -0.1) is 0 Å². The number of aromatic nitrogens is 2. The summed E-state index contributed by atoms with van der Waals surface area (Å²) >= 11 is 0. The Hall–Kier alpha value is -2.14. The summed E-state index contributed by atoms with van der Waals surface area (Å²) in [5.41, 5.74) is 9.03. The quantitative estimate of drug-likeness (QED) is 0.643. The largest absolute Gasteiger partial charge is 0.368 e. The van der Waals surface area contributed by atoms with Gasteiger partial charge in [0.25, 0.3) is 0 Å². The Morgan fingerprint density at radius 3 is 2.53 bits per heavy atom. The van der Waals surface area contributed by atoms with Crippen LogP contribution in [0.2, 0.25) is 0 Å². The third-order valence-electron chi connectivity index (χ3n) is 1.93. The average molecular weight is 202 g/mol. The Kier molecular flexibility index (Phi) is 2.47. The van der Waals surface area contributed by atoms with E-state index in [1.807, 2.05) is 35.8 Å². The van der Waals surface area contributed by atoms with Crippen molar-refractivity contribution in [3.63, 3.8) is 0 Å². The first-order valence-corrected chi connectivity index (χ1v) is 4.39. The highest BCUT2D eigenvalue weighted by Crippen LogP contribution is 2.19. The van der Waals surface area contributed by atoms with Gasteiger partial charge < -0.3 is 5.73 Å². The summed E-state index contributed by atoms with van der Waals surface area (Å²) in [6, 6.07) is 11.1. The zero-order valence-electron chi connectivity index (χ0n) is 7.88. The summed E-state index contributed by atoms with van der Waals surface area (Å²) in [6.45, 7) is 0. The molecule has 76 valence electrons. The van der Waals surface area contributed by atoms with Crippen molar-refractivity contribution in [1.82, 2.24) is 9.97 Å². The molecule has 0 spiro atoms. The van der Waals surface area contributed by atoms with E-state index in [0.29, 0.717) is 5.69 Å². The summed E-state index contributed by atoms with van der Waals surface area (Å²) in [6.07, 6.45) is 0. The third-order valence-corrected chi connectivity index (χ3v) is 1.93. The van der Waals surface area contributed by atoms with E-state index in [2.05, 4.69) is 9.97 Å². The first-order chi connectivity index (χ1) is 7.29. The minimum atomic E-state index is 0.118. The summed E-state index contributed by atoms with van der Waals surface area (Å²) in [5.74, 6) is 0.397. The number of nitrogens with zero attached hydrogens (tertiary/aromatic N) is 2. The minimum absolute atomic E-state index is 0.118. The lowest BCUT2D eigenvalue weighted by Gasteiger charge is -2.04. The van der Waals surface area contributed by atoms with Crippen LogP contribution in [-0.2, 0) is 0 Å². The maximum absolute atomic E-state index is 8.74. The molecule has 2 aromatic rings. The van der Waals surface area contributed by atoms with Gasteiger partial charge in [0.05, 0.1) is 5.69 Å². The number of rotatable bonds is 2. The van der Waals surface area contributed by atoms with Crippen molar-refractivity contribution in [2.45, 2.75) is 0 Å². The van der Waals surface area contributed by atoms with Crippen LogP contribution >= 0.6 is 0 Å². The molecular formula is C10H10N4O. The number of nitrogens with two attached hydrogens (primary N) is 1. The van der Waals surface area contributed by atoms with Crippen LogP contribution in [0.5, 0.6) is 0 Å². The van der Waals surface area contributed by atoms with E-state index < -0.39 is 0 Å². The van der Waals surface area contributed by atoms with E-state index in [9.17, 15) is 0 Å². The lowest BCUT2D eigenvalue weighted by molar-refractivity contribution is 0.386. The number of hydrogen-bond donors (Lipinski definition) is 3. The SMILES string of the molecule is Nc1nc(NO)cc(-c2ccccc2)n1. The number of hydrogen-bond acceptors (Lipinski definition) is 5. The van der Waals surface area contributed by atoms with Gasteiger partial charge in [0.1, 0.15) is 0 Å². The van der Waals surface area contributed by atoms with Crippen molar-refractivity contribution in [3.05, 3.63) is 36.4 Å². The Balaban J connectivity index is 2.49. The Bertz CT molecular complexity index is 458. The van der Waals surface area contributed by atoms with E-state index >= 15 is 0 Å². The standard InChI is InChI=1S/C10H10N4O/c11-10-12-8(6-9(13-10)14-15)7-4-2-1-3-5-7/h1-6,15H,(H3,11,12,13,14). The van der Waals surface area contributed by atoms with Gasteiger partial charge in [0, 0.05) is 11.6 Å². The molecule has 0 saturated heterocycles. The summed E-state index contributed by atoms with van der Waals surface area (Å²) in [4.78, 5) is 7.85. The molecule has 15 heavy (non-hydrogen) atoms. The first kappa shape index (κ1) is 9.42. The molecule has 0 amide bonds. The van der Waals surface area contributed by atoms with Gasteiger partial charge in [-0.25, -0.2) is 4.98 Å². The van der Waals surface area contributed by atoms with Gasteiger partial charge in [-0.1, -0.05) is 30.3 Å². The van der Waals surface area contributed by atoms with E-state index in [1.165, 1.54) is 0 Å². The van der Waals surface area contributed by atoms with Crippen molar-refractivity contribution in [2.75, 3.05) is 11.2 Å². The highest BCUT2D eigenvalue weighted by molar-refractivity contribution is 5.63. The van der Waals surface area contributed by atoms with Crippen molar-refractivity contribution >= 4 is 11.8 Å². The fourth-order valence-corrected chi connectivity index (χ4v) is 1.28. The van der Waals surface area contributed by atoms with Crippen LogP contribution in [0.25, 0.3) is 11.3 Å². The predicted octanol–water partition coefficient (Wildman–Crippen LogP) is 1.53. The molecule has 5 nitrogen and oxygen atoms in total. The molecule has 1 aromatic carbocycles. The van der Waals surface area contributed by atoms with Gasteiger partial charge in [0.15, 0.2) is 5.82 Å². The second-order valence-corrected chi connectivity index (χ2v) is 2.97. The van der Waals surface area contributed by atoms with Crippen LogP contribution in [0, 0.1) is 0 Å². The molecule has 5 heteroatoms. The molecular weight excluding hydrogens is 192 g/mol. The van der Waals surface area contributed by atoms with Crippen molar-refractivity contribution in [3.8, 4) is 11.3 Å². The van der Waals surface area contributed by atoms with Crippen LogP contribution in [-0.4, -0.2) is 15.2 Å². The highest BCUT2D eigenvalue weighted by Gasteiger charge is 2.03. The zero-order valence-corrected chi connectivity index (χ0v) is 7.88. The summed E-state index contributed by atoms with van der Waals surface area (Å²) in [5, 5.41) is 8.74. The van der Waals surface area contributed by atoms with E-state index in [4.69, 9.17) is 10.9 Å². The molecule has 0 atom stereocenters. The molecule has 4 N–H and O–H groups in total. The summed E-state index contributed by atoms with van der Waals surface area (Å²) in [7, 11) is 0. The van der Waals surface area contributed by atoms with E-state index in [0.717, 1.165) is 5.56 Å². The van der Waals surface area contributed by atoms with Gasteiger partial charge in [-0.05, 0) is 0 Å². The predicted molar refractivity (Wildman–Crippen MR) is 57.3 cm³/mol. The molecule has 0 aliphatic carbocycles. The van der Waals surface area contributed by atoms with Crippen LogP contribution in [0.15, 0.2) is 36.4 Å². The zero-order chi connectivity index (χ0) is 10.7. The van der Waals surface area contributed by atoms with Crippen LogP contribution in [0.1, 0.15) is 0 Å². The highest BCUT2D eigenvalue weighted by atomic mass is 16.5. The minimum Gasteiger partial charge on any atom is -0.368 e. The van der Waals surface area contributed by atoms with Crippen LogP contribution < -0.4 is 11.2 Å². The molecule has 2 rings (SSSR count). The Morgan fingerprint density at radius 2 is 1.87 bits per heavy atom. The van der Waals surface area contributed by atoms with Gasteiger partial charge >= 0.3 is 0 Å². The van der Waals surface area contributed by atoms with Crippen molar-refractivity contribution in [1.29, 1.82) is 0 Å². The fraction of sp³-hybridized carbons (Fsp3) is 0. The molecule has 0 fully saturated rings. The number of anilines is 2. The average Bonchev–Trinajstić information content (AvgIpc) is 2.29. The van der Waals surface area contributed by atoms with Crippen molar-refractivity contribution < 1.29 is 5.21 Å². The molecule has 0 aliphatic rings. The molecule has 0 bridgehead atoms. The molecule has 1 heterocycles. The van der Waals surface area contributed by atoms with E-state index in [1.54, 1.807) is 6.07 Å². The van der Waals surface area contributed by atoms with Crippen molar-refractivity contribution in [2.24, 2.45) is 0 Å². The third kappa shape index (κ3) is 2.03. The molecule has 1 aromatic heterocycles. The van der Waals surface area contributed by atoms with Gasteiger partial charge in [-0.2, -0.15) is 4.98 Å². The van der Waals surface area contributed by atoms with Crippen LogP contribution in [0.4, 0.5) is 11.8 Å². The van der Waals surface area contributed by atoms with Gasteiger partial charge in [-0.3, -0.25) is 10.7 Å². The second-order valence-electron chi connectivity index (χ2n) is 2.97. The smallest absolute Gasteiger partial charge is 0.222 e. The first-order valence-electron chi connectivity index (χ1n) is 4.39. The lowest BCUT2D eigenvalue weighted by Crippen LogP contribution is -2.01. The monoisotopic (exact) mass is 202 g/mol. The summed E-state index contributed by atoms with van der Waals surface area (Å²) < 4.78 is 0. The molecule has 0 aliphatic heterocycles. The number of benzene rings is 1. The fourth-order valence-electron chi connectivity index (χ4n) is 1.28. The van der Waals surface area contributed by atoms with E-state index in [-0.39, 0.29) is 11.8 Å².